The Kier molecular flexibility index (Phi) is 2.73. The highest BCUT2D eigenvalue weighted by atomic mass is 16.5. The number of ether oxygens (including phenoxy) is 1. The van der Waals surface area contributed by atoms with Crippen molar-refractivity contribution in [1.82, 2.24) is 0 Å². The number of methoxy groups -OCH3 is 1. The van der Waals surface area contributed by atoms with E-state index in [4.69, 9.17) is 16.3 Å². The van der Waals surface area contributed by atoms with Gasteiger partial charge < -0.3 is 9.84 Å². The highest BCUT2D eigenvalue weighted by molar-refractivity contribution is 5.52. The quantitative estimate of drug-likeness (QED) is 0.667. The average Bonchev–Trinajstić information content (AvgIpc) is 2.16. The van der Waals surface area contributed by atoms with Crippen molar-refractivity contribution in [3.8, 4) is 18.1 Å². The fourth-order valence-electron chi connectivity index (χ4n) is 0.980. The van der Waals surface area contributed by atoms with Crippen molar-refractivity contribution in [2.75, 3.05) is 7.11 Å². The van der Waals surface area contributed by atoms with E-state index in [-0.39, 0.29) is 0 Å². The molecule has 61 valence electrons. The fraction of sp³-hybridized carbons (Fsp3) is 0.100. The SMILES string of the molecule is C#Cc1c([CH]O)cccc1OC. The van der Waals surface area contributed by atoms with Crippen LogP contribution in [0.25, 0.3) is 0 Å². The van der Waals surface area contributed by atoms with Crippen molar-refractivity contribution in [1.29, 1.82) is 0 Å². The largest absolute Gasteiger partial charge is 0.495 e. The minimum absolute atomic E-state index is 0.572. The summed E-state index contributed by atoms with van der Waals surface area (Å²) < 4.78 is 5.01. The van der Waals surface area contributed by atoms with Gasteiger partial charge in [0.1, 0.15) is 12.4 Å². The molecule has 0 amide bonds. The molecule has 0 aliphatic heterocycles. The number of aliphatic hydroxyl groups excluding tert-OH is 1. The normalized spacial score (nSPS) is 9.08. The lowest BCUT2D eigenvalue weighted by atomic mass is 10.1. The third kappa shape index (κ3) is 1.41. The van der Waals surface area contributed by atoms with Crippen LogP contribution in [0.2, 0.25) is 0 Å². The standard InChI is InChI=1S/C10H9O2/c1-3-9-8(7-11)5-4-6-10(9)12-2/h1,4-7,11H,2H3. The highest BCUT2D eigenvalue weighted by Crippen LogP contribution is 2.21. The lowest BCUT2D eigenvalue weighted by Crippen LogP contribution is -1.92. The molecule has 0 fully saturated rings. The van der Waals surface area contributed by atoms with Crippen molar-refractivity contribution in [3.05, 3.63) is 35.9 Å². The van der Waals surface area contributed by atoms with Gasteiger partial charge >= 0.3 is 0 Å². The molecule has 0 bridgehead atoms. The molecular weight excluding hydrogens is 152 g/mol. The van der Waals surface area contributed by atoms with Gasteiger partial charge in [-0.1, -0.05) is 18.1 Å². The molecule has 0 unspecified atom stereocenters. The summed E-state index contributed by atoms with van der Waals surface area (Å²) in [7, 11) is 1.54. The van der Waals surface area contributed by atoms with Crippen LogP contribution in [0, 0.1) is 19.0 Å². The molecule has 0 saturated heterocycles. The van der Waals surface area contributed by atoms with Crippen molar-refractivity contribution in [2.24, 2.45) is 0 Å². The van der Waals surface area contributed by atoms with Crippen LogP contribution >= 0.6 is 0 Å². The Hall–Kier alpha value is -1.46. The van der Waals surface area contributed by atoms with Crippen LogP contribution in [-0.2, 0) is 0 Å². The van der Waals surface area contributed by atoms with Crippen LogP contribution in [0.5, 0.6) is 5.75 Å². The molecular formula is C10H9O2. The van der Waals surface area contributed by atoms with Crippen LogP contribution in [-0.4, -0.2) is 12.2 Å². The smallest absolute Gasteiger partial charge is 0.134 e. The molecule has 0 aliphatic carbocycles. The summed E-state index contributed by atoms with van der Waals surface area (Å²) >= 11 is 0. The Morgan fingerprint density at radius 3 is 2.83 bits per heavy atom. The van der Waals surface area contributed by atoms with Crippen LogP contribution in [0.3, 0.4) is 0 Å². The first kappa shape index (κ1) is 8.63. The van der Waals surface area contributed by atoms with Gasteiger partial charge in [0, 0.05) is 5.56 Å². The second-order valence-electron chi connectivity index (χ2n) is 2.20. The first-order chi connectivity index (χ1) is 5.83. The van der Waals surface area contributed by atoms with Gasteiger partial charge in [0.15, 0.2) is 0 Å². The van der Waals surface area contributed by atoms with Gasteiger partial charge in [-0.25, -0.2) is 0 Å². The molecule has 1 rings (SSSR count). The zero-order chi connectivity index (χ0) is 8.97. The van der Waals surface area contributed by atoms with E-state index in [1.165, 1.54) is 7.11 Å². The monoisotopic (exact) mass is 161 g/mol. The lowest BCUT2D eigenvalue weighted by Gasteiger charge is -2.05. The molecule has 1 N–H and O–H groups in total. The second kappa shape index (κ2) is 3.80. The van der Waals surface area contributed by atoms with Gasteiger partial charge in [0.05, 0.1) is 12.7 Å². The number of hydrogen-bond acceptors (Lipinski definition) is 2. The van der Waals surface area contributed by atoms with Gasteiger partial charge in [-0.3, -0.25) is 0 Å². The molecule has 2 nitrogen and oxygen atoms in total. The molecule has 1 aromatic rings. The first-order valence-electron chi connectivity index (χ1n) is 3.44. The van der Waals surface area contributed by atoms with Crippen molar-refractivity contribution >= 4 is 0 Å². The van der Waals surface area contributed by atoms with Crippen molar-refractivity contribution in [3.63, 3.8) is 0 Å². The predicted molar refractivity (Wildman–Crippen MR) is 46.3 cm³/mol. The molecule has 0 aliphatic rings. The number of aliphatic hydroxyl groups is 1. The number of rotatable bonds is 2. The Morgan fingerprint density at radius 2 is 2.33 bits per heavy atom. The number of benzene rings is 1. The summed E-state index contributed by atoms with van der Waals surface area (Å²) in [6.45, 7) is 0.970. The maximum absolute atomic E-state index is 8.79. The van der Waals surface area contributed by atoms with E-state index in [2.05, 4.69) is 5.92 Å². The molecule has 0 saturated carbocycles. The van der Waals surface area contributed by atoms with Crippen LogP contribution < -0.4 is 4.74 Å². The van der Waals surface area contributed by atoms with Gasteiger partial charge in [0.2, 0.25) is 0 Å². The molecule has 0 heterocycles. The molecule has 2 heteroatoms. The lowest BCUT2D eigenvalue weighted by molar-refractivity contribution is 0.403. The summed E-state index contributed by atoms with van der Waals surface area (Å²) in [5, 5.41) is 8.79. The summed E-state index contributed by atoms with van der Waals surface area (Å²) in [6, 6.07) is 5.24. The minimum Gasteiger partial charge on any atom is -0.495 e. The zero-order valence-corrected chi connectivity index (χ0v) is 6.74. The molecule has 0 spiro atoms. The Bertz CT molecular complexity index is 288. The van der Waals surface area contributed by atoms with Gasteiger partial charge in [0.25, 0.3) is 0 Å². The molecule has 1 aromatic carbocycles. The summed E-state index contributed by atoms with van der Waals surface area (Å²) in [5.74, 6) is 3.05. The second-order valence-corrected chi connectivity index (χ2v) is 2.20. The van der Waals surface area contributed by atoms with Crippen LogP contribution in [0.4, 0.5) is 0 Å². The zero-order valence-electron chi connectivity index (χ0n) is 6.74. The third-order valence-electron chi connectivity index (χ3n) is 1.56. The van der Waals surface area contributed by atoms with E-state index in [1.807, 2.05) is 0 Å². The molecule has 1 radical (unpaired) electrons. The van der Waals surface area contributed by atoms with E-state index in [1.54, 1.807) is 18.2 Å². The Balaban J connectivity index is 3.25. The highest BCUT2D eigenvalue weighted by Gasteiger charge is 2.04. The number of hydrogen-bond donors (Lipinski definition) is 1. The average molecular weight is 161 g/mol. The van der Waals surface area contributed by atoms with E-state index < -0.39 is 0 Å². The maximum Gasteiger partial charge on any atom is 0.134 e. The van der Waals surface area contributed by atoms with Crippen LogP contribution in [0.1, 0.15) is 11.1 Å². The summed E-state index contributed by atoms with van der Waals surface area (Å²) in [4.78, 5) is 0. The van der Waals surface area contributed by atoms with Gasteiger partial charge in [-0.15, -0.1) is 6.42 Å². The van der Waals surface area contributed by atoms with Gasteiger partial charge in [-0.2, -0.15) is 0 Å². The van der Waals surface area contributed by atoms with E-state index in [9.17, 15) is 0 Å². The summed E-state index contributed by atoms with van der Waals surface area (Å²) in [6.07, 6.45) is 5.24. The number of terminal acetylenes is 1. The first-order valence-corrected chi connectivity index (χ1v) is 3.44. The van der Waals surface area contributed by atoms with E-state index in [0.29, 0.717) is 16.9 Å². The Labute approximate surface area is 71.8 Å². The third-order valence-corrected chi connectivity index (χ3v) is 1.56. The molecule has 0 aromatic heterocycles. The van der Waals surface area contributed by atoms with Crippen LogP contribution in [0.15, 0.2) is 18.2 Å². The molecule has 0 atom stereocenters. The maximum atomic E-state index is 8.79. The van der Waals surface area contributed by atoms with Crippen molar-refractivity contribution < 1.29 is 9.84 Å². The Morgan fingerprint density at radius 1 is 1.58 bits per heavy atom. The van der Waals surface area contributed by atoms with E-state index >= 15 is 0 Å². The summed E-state index contributed by atoms with van der Waals surface area (Å²) in [5.41, 5.74) is 1.17. The topological polar surface area (TPSA) is 29.5 Å². The van der Waals surface area contributed by atoms with E-state index in [0.717, 1.165) is 6.61 Å². The predicted octanol–water partition coefficient (Wildman–Crippen LogP) is 1.56. The van der Waals surface area contributed by atoms with Crippen molar-refractivity contribution in [2.45, 2.75) is 0 Å². The van der Waals surface area contributed by atoms with Gasteiger partial charge in [-0.05, 0) is 6.07 Å². The molecule has 12 heavy (non-hydrogen) atoms. The fourth-order valence-corrected chi connectivity index (χ4v) is 0.980. The minimum atomic E-state index is 0.572.